The van der Waals surface area contributed by atoms with E-state index in [0.717, 1.165) is 0 Å². The van der Waals surface area contributed by atoms with Crippen LogP contribution < -0.4 is 21.9 Å². The fourth-order valence-electron chi connectivity index (χ4n) is 5.70. The summed E-state index contributed by atoms with van der Waals surface area (Å²) < 4.78 is 74.4. The van der Waals surface area contributed by atoms with Crippen LogP contribution in [0.4, 0.5) is 10.7 Å². The van der Waals surface area contributed by atoms with Crippen molar-refractivity contribution in [2.75, 3.05) is 58.5 Å². The third kappa shape index (κ3) is 19.7. The molecule has 8 atom stereocenters. The largest absolute Gasteiger partial charge is 0.490 e. The molecule has 1 aliphatic heterocycles. The number of hydrogen-bond acceptors (Lipinski definition) is 21. The van der Waals surface area contributed by atoms with Gasteiger partial charge in [-0.15, -0.1) is 0 Å². The van der Waals surface area contributed by atoms with Gasteiger partial charge in [-0.1, -0.05) is 23.9 Å². The third-order valence-corrected chi connectivity index (χ3v) is 12.4. The number of aromatic nitrogens is 3. The second kappa shape index (κ2) is 26.4. The number of anilines is 1. The minimum atomic E-state index is -5.81. The van der Waals surface area contributed by atoms with Gasteiger partial charge >= 0.3 is 41.5 Å². The number of alkyl carbamates (subject to hydrolysis) is 1. The number of Topliss-reactive ketones (excluding diaryl/α,β-unsaturated/α-hetero) is 1. The molecule has 8 unspecified atom stereocenters. The van der Waals surface area contributed by atoms with Crippen LogP contribution in [0.3, 0.4) is 0 Å². The molecule has 1 aliphatic rings. The molecule has 0 radical (unpaired) electrons. The lowest BCUT2D eigenvalue weighted by molar-refractivity contribution is -0.144. The monoisotopic (exact) mass is 1030 g/mol. The number of nitrogen functional groups attached to an aromatic ring is 1. The number of carbonyl (C=O) groups is 5. The highest BCUT2D eigenvalue weighted by molar-refractivity contribution is 7.66. The molecule has 2 amide bonds. The van der Waals surface area contributed by atoms with Gasteiger partial charge in [-0.05, 0) is 12.0 Å². The van der Waals surface area contributed by atoms with E-state index in [1.807, 2.05) is 0 Å². The Labute approximate surface area is 381 Å². The maximum atomic E-state index is 12.9. The van der Waals surface area contributed by atoms with Crippen LogP contribution in [0.5, 0.6) is 0 Å². The Balaban J connectivity index is 1.45. The molecule has 1 saturated heterocycles. The number of hydrogen-bond donors (Lipinski definition) is 11. The van der Waals surface area contributed by atoms with E-state index >= 15 is 0 Å². The van der Waals surface area contributed by atoms with Crippen LogP contribution in [0.1, 0.15) is 44.4 Å². The average molecular weight is 1030 g/mol. The van der Waals surface area contributed by atoms with Crippen molar-refractivity contribution in [3.05, 3.63) is 32.6 Å². The number of nitrogens with zero attached hydrogens (tertiary/aromatic N) is 5. The van der Waals surface area contributed by atoms with E-state index in [2.05, 4.69) is 55.6 Å². The van der Waals surface area contributed by atoms with Gasteiger partial charge in [0.15, 0.2) is 17.7 Å². The Kier molecular flexibility index (Phi) is 22.1. The molecule has 12 N–H and O–H groups in total. The lowest BCUT2D eigenvalue weighted by Crippen LogP contribution is -2.44. The molecule has 378 valence electrons. The Morgan fingerprint density at radius 3 is 2.41 bits per heavy atom. The molecule has 33 nitrogen and oxygen atoms in total. The summed E-state index contributed by atoms with van der Waals surface area (Å²) in [6, 6.07) is -1.28. The molecule has 36 heteroatoms. The fourth-order valence-corrected chi connectivity index (χ4v) is 8.73. The van der Waals surface area contributed by atoms with Crippen molar-refractivity contribution in [1.29, 1.82) is 0 Å². The van der Waals surface area contributed by atoms with Gasteiger partial charge in [0.1, 0.15) is 31.6 Å². The number of nitrogens with one attached hydrogen (secondary N) is 3. The van der Waals surface area contributed by atoms with Gasteiger partial charge in [0.25, 0.3) is 5.56 Å². The van der Waals surface area contributed by atoms with Gasteiger partial charge in [-0.2, -0.15) is 13.6 Å². The topological polar surface area (TPSA) is 502 Å². The van der Waals surface area contributed by atoms with Gasteiger partial charge in [-0.3, -0.25) is 28.7 Å². The van der Waals surface area contributed by atoms with Crippen LogP contribution in [0.15, 0.2) is 16.1 Å². The highest BCUT2D eigenvalue weighted by Crippen LogP contribution is 2.66. The highest BCUT2D eigenvalue weighted by atomic mass is 31.3. The summed E-state index contributed by atoms with van der Waals surface area (Å²) in [5.74, 6) is -0.786. The van der Waals surface area contributed by atoms with Crippen molar-refractivity contribution < 1.29 is 109 Å². The predicted octanol–water partition coefficient (Wildman–Crippen LogP) is -0.908. The minimum absolute atomic E-state index is 0.0159. The molecule has 2 aromatic heterocycles. The molecule has 3 heterocycles. The van der Waals surface area contributed by atoms with Crippen molar-refractivity contribution in [2.45, 2.75) is 63.3 Å². The van der Waals surface area contributed by atoms with Crippen LogP contribution >= 0.6 is 23.5 Å². The molecule has 0 spiro atoms. The molecule has 68 heavy (non-hydrogen) atoms. The zero-order valence-electron chi connectivity index (χ0n) is 35.3. The van der Waals surface area contributed by atoms with Gasteiger partial charge < -0.3 is 79.5 Å². The number of aromatic amines is 1. The second-order valence-corrected chi connectivity index (χ2v) is 18.1. The van der Waals surface area contributed by atoms with Crippen LogP contribution in [-0.2, 0) is 69.7 Å². The first-order valence-electron chi connectivity index (χ1n) is 19.3. The van der Waals surface area contributed by atoms with E-state index in [1.165, 1.54) is 17.7 Å². The third-order valence-electron chi connectivity index (χ3n) is 8.60. The number of phosphoric ester groups is 1. The molecular formula is C32H46N9O24P3. The Bertz CT molecular complexity index is 2450. The number of H-pyrrole nitrogens is 1. The summed E-state index contributed by atoms with van der Waals surface area (Å²) in [6.07, 6.45) is -6.53. The van der Waals surface area contributed by atoms with Crippen molar-refractivity contribution >= 4 is 70.2 Å². The Morgan fingerprint density at radius 2 is 1.76 bits per heavy atom. The number of carboxylic acids is 2. The van der Waals surface area contributed by atoms with Crippen molar-refractivity contribution in [3.8, 4) is 11.8 Å². The fraction of sp³-hybridized carbons (Fsp3) is 0.594. The number of aliphatic hydroxyl groups excluding tert-OH is 1. The number of aliphatic hydroxyl groups is 1. The van der Waals surface area contributed by atoms with E-state index in [9.17, 15) is 57.4 Å². The van der Waals surface area contributed by atoms with Crippen molar-refractivity contribution in [2.24, 2.45) is 11.0 Å². The first-order valence-corrected chi connectivity index (χ1v) is 23.8. The number of aliphatic carboxylic acids is 2. The summed E-state index contributed by atoms with van der Waals surface area (Å²) >= 11 is 0. The van der Waals surface area contributed by atoms with E-state index in [4.69, 9.17) is 54.9 Å². The van der Waals surface area contributed by atoms with Crippen LogP contribution in [0, 0.1) is 17.8 Å². The van der Waals surface area contributed by atoms with Crippen molar-refractivity contribution in [3.63, 3.8) is 0 Å². The lowest BCUT2D eigenvalue weighted by Gasteiger charge is -2.19. The molecule has 1 fully saturated rings. The minimum Gasteiger partial charge on any atom is -0.481 e. The van der Waals surface area contributed by atoms with E-state index in [-0.39, 0.29) is 75.0 Å². The zero-order chi connectivity index (χ0) is 50.8. The highest BCUT2D eigenvalue weighted by Gasteiger charge is 2.43. The lowest BCUT2D eigenvalue weighted by atomic mass is 9.97. The van der Waals surface area contributed by atoms with Gasteiger partial charge in [0.2, 0.25) is 11.9 Å². The van der Waals surface area contributed by atoms with Gasteiger partial charge in [-0.25, -0.2) is 23.3 Å². The maximum Gasteiger partial charge on any atom is 0.490 e. The standard InChI is InChI=1S/C32H46N9O24P3/c1-2-20(30(48)49)36-28(46)18(11-25(44)45)10-19(42)13-35-32(50)61-9-8-58-6-7-59-16-23(39-40-34)60-5-3-4-17-14-41(27-26(17)29(47)38-31(33)37-27)24-12-21(43)22(63-24)15-62-67(54,55)65-68(56,57)64-66(51,52)53/h14,18,20-24,43H,2,5-13,15-16H2,1H3,(H,35,50)(H,36,46)(H,44,45)(H,48,49)(H,54,55)(H,56,57)(H2,51,52,53)(H3,33,37,38,47). The molecule has 0 aliphatic carbocycles. The number of ketones is 1. The number of carbonyl (C=O) groups excluding carboxylic acids is 3. The summed E-state index contributed by atoms with van der Waals surface area (Å²) in [5, 5.41) is 36.5. The predicted molar refractivity (Wildman–Crippen MR) is 221 cm³/mol. The van der Waals surface area contributed by atoms with E-state index in [0.29, 0.717) is 0 Å². The quantitative estimate of drug-likeness (QED) is 0.0117. The first-order chi connectivity index (χ1) is 31.8. The van der Waals surface area contributed by atoms with Gasteiger partial charge in [0, 0.05) is 24.0 Å². The Hall–Kier alpha value is -5.35. The van der Waals surface area contributed by atoms with Crippen LogP contribution in [0.2, 0.25) is 0 Å². The molecule has 0 bridgehead atoms. The molecule has 3 rings (SSSR count). The zero-order valence-corrected chi connectivity index (χ0v) is 37.9. The number of nitrogens with two attached hydrogens (primary N) is 1. The number of fused-ring (bicyclic) bond motifs is 1. The maximum absolute atomic E-state index is 12.9. The molecule has 0 aromatic carbocycles. The van der Waals surface area contributed by atoms with E-state index < -0.39 is 121 Å². The van der Waals surface area contributed by atoms with Crippen LogP contribution in [0.25, 0.3) is 21.5 Å². The van der Waals surface area contributed by atoms with Gasteiger partial charge in [0.05, 0.1) is 69.0 Å². The number of rotatable bonds is 29. The first kappa shape index (κ1) is 57.0. The SMILES string of the molecule is CCC(NC(=O)C(CC(=O)O)CC(=O)CNC(=O)OCCOCCOCC(N=[N+]=[N-])OCC#Cc1cn(C2CC(O)C(COP(=O)(O)OP(=O)(O)OP(=O)(O)O)O2)c2nc(N)[nH]c(=O)c12)C(=O)O. The van der Waals surface area contributed by atoms with Crippen molar-refractivity contribution in [1.82, 2.24) is 25.2 Å². The number of azide groups is 1. The van der Waals surface area contributed by atoms with Crippen LogP contribution in [-0.4, -0.2) is 156 Å². The number of phosphoric acid groups is 3. The summed E-state index contributed by atoms with van der Waals surface area (Å²) in [7, 11) is -17.0. The molecule has 2 aromatic rings. The molecular weight excluding hydrogens is 987 g/mol. The second-order valence-electron chi connectivity index (χ2n) is 13.7. The summed E-state index contributed by atoms with van der Waals surface area (Å²) in [4.78, 5) is 118. The number of ether oxygens (including phenoxy) is 5. The summed E-state index contributed by atoms with van der Waals surface area (Å²) in [5.41, 5.74) is 13.9. The smallest absolute Gasteiger partial charge is 0.481 e. The normalized spacial score (nSPS) is 18.9. The molecule has 0 saturated carbocycles. The average Bonchev–Trinajstić information content (AvgIpc) is 3.78. The Morgan fingerprint density at radius 1 is 1.07 bits per heavy atom. The number of amides is 2. The number of carboxylic acid groups (broad SMARTS) is 2. The van der Waals surface area contributed by atoms with E-state index in [1.54, 1.807) is 0 Å². The summed E-state index contributed by atoms with van der Waals surface area (Å²) in [6.45, 7) is -1.24.